The molecule has 0 unspecified atom stereocenters. The molecule has 110 valence electrons. The maximum absolute atomic E-state index is 13.9. The zero-order valence-electron chi connectivity index (χ0n) is 10.2. The Kier molecular flexibility index (Phi) is 4.29. The van der Waals surface area contributed by atoms with E-state index in [-0.39, 0.29) is 6.61 Å². The molecule has 1 aromatic carbocycles. The number of benzene rings is 1. The van der Waals surface area contributed by atoms with Crippen LogP contribution in [-0.2, 0) is 13.8 Å². The molecular formula is C12H11ClF2O4S. The molecule has 8 heteroatoms. The molecule has 1 aliphatic rings. The van der Waals surface area contributed by atoms with E-state index in [1.54, 1.807) is 0 Å². The Morgan fingerprint density at radius 3 is 2.55 bits per heavy atom. The van der Waals surface area contributed by atoms with Crippen LogP contribution < -0.4 is 0 Å². The van der Waals surface area contributed by atoms with Crippen LogP contribution in [-0.4, -0.2) is 21.0 Å². The fourth-order valence-electron chi connectivity index (χ4n) is 1.71. The Labute approximate surface area is 119 Å². The Hall–Kier alpha value is -1.21. The van der Waals surface area contributed by atoms with E-state index >= 15 is 0 Å². The fraction of sp³-hybridized carbons (Fsp3) is 0.417. The van der Waals surface area contributed by atoms with Crippen molar-refractivity contribution in [2.75, 3.05) is 6.61 Å². The Bertz CT molecular complexity index is 641. The monoisotopic (exact) mass is 324 g/mol. The SMILES string of the molecule is O=C(OCCC1CC1)c1c(F)ccc(S(=O)(=O)Cl)c1F. The van der Waals surface area contributed by atoms with Gasteiger partial charge in [-0.15, -0.1) is 0 Å². The number of carbonyl (C=O) groups excluding carboxylic acids is 1. The molecule has 0 spiro atoms. The van der Waals surface area contributed by atoms with E-state index in [0.717, 1.165) is 12.8 Å². The van der Waals surface area contributed by atoms with E-state index in [9.17, 15) is 22.0 Å². The molecule has 0 saturated heterocycles. The van der Waals surface area contributed by atoms with Gasteiger partial charge in [-0.3, -0.25) is 0 Å². The highest BCUT2D eigenvalue weighted by molar-refractivity contribution is 8.13. The van der Waals surface area contributed by atoms with Gasteiger partial charge in [-0.05, 0) is 24.5 Å². The molecule has 0 amide bonds. The van der Waals surface area contributed by atoms with Gasteiger partial charge in [0.1, 0.15) is 16.3 Å². The van der Waals surface area contributed by atoms with Gasteiger partial charge >= 0.3 is 5.97 Å². The number of hydrogen-bond donors (Lipinski definition) is 0. The topological polar surface area (TPSA) is 60.4 Å². The first-order valence-corrected chi connectivity index (χ1v) is 8.21. The van der Waals surface area contributed by atoms with Gasteiger partial charge in [-0.1, -0.05) is 12.8 Å². The minimum atomic E-state index is -4.41. The summed E-state index contributed by atoms with van der Waals surface area (Å²) in [7, 11) is 0.597. The largest absolute Gasteiger partial charge is 0.462 e. The summed E-state index contributed by atoms with van der Waals surface area (Å²) in [6.45, 7) is 0.0419. The van der Waals surface area contributed by atoms with Gasteiger partial charge in [-0.2, -0.15) is 0 Å². The van der Waals surface area contributed by atoms with Crippen LogP contribution in [0.15, 0.2) is 17.0 Å². The first kappa shape index (κ1) is 15.2. The summed E-state index contributed by atoms with van der Waals surface area (Å²) < 4.78 is 54.3. The lowest BCUT2D eigenvalue weighted by Gasteiger charge is -2.08. The van der Waals surface area contributed by atoms with Gasteiger partial charge < -0.3 is 4.74 Å². The third kappa shape index (κ3) is 3.46. The number of rotatable bonds is 5. The molecule has 20 heavy (non-hydrogen) atoms. The van der Waals surface area contributed by atoms with Gasteiger partial charge in [0.2, 0.25) is 0 Å². The Morgan fingerprint density at radius 2 is 2.00 bits per heavy atom. The third-order valence-electron chi connectivity index (χ3n) is 2.98. The highest BCUT2D eigenvalue weighted by Gasteiger charge is 2.27. The molecule has 0 aliphatic heterocycles. The molecule has 0 bridgehead atoms. The fourth-order valence-corrected chi connectivity index (χ4v) is 2.61. The van der Waals surface area contributed by atoms with Gasteiger partial charge in [0, 0.05) is 10.7 Å². The van der Waals surface area contributed by atoms with E-state index in [4.69, 9.17) is 15.4 Å². The van der Waals surface area contributed by atoms with Crippen LogP contribution >= 0.6 is 10.7 Å². The molecular weight excluding hydrogens is 314 g/mol. The minimum absolute atomic E-state index is 0.0419. The lowest BCUT2D eigenvalue weighted by molar-refractivity contribution is 0.0483. The molecule has 0 radical (unpaired) electrons. The summed E-state index contributed by atoms with van der Waals surface area (Å²) in [5.74, 6) is -3.46. The molecule has 1 aliphatic carbocycles. The van der Waals surface area contributed by atoms with Crippen LogP contribution in [0.2, 0.25) is 0 Å². The van der Waals surface area contributed by atoms with Crippen molar-refractivity contribution in [2.24, 2.45) is 5.92 Å². The van der Waals surface area contributed by atoms with Crippen LogP contribution in [0.3, 0.4) is 0 Å². The summed E-state index contributed by atoms with van der Waals surface area (Å²) in [6.07, 6.45) is 2.74. The van der Waals surface area contributed by atoms with Gasteiger partial charge in [0.05, 0.1) is 6.61 Å². The van der Waals surface area contributed by atoms with E-state index in [2.05, 4.69) is 0 Å². The third-order valence-corrected chi connectivity index (χ3v) is 4.32. The van der Waals surface area contributed by atoms with E-state index in [0.29, 0.717) is 24.5 Å². The average molecular weight is 325 g/mol. The second-order valence-corrected chi connectivity index (χ2v) is 7.07. The maximum Gasteiger partial charge on any atom is 0.344 e. The summed E-state index contributed by atoms with van der Waals surface area (Å²) in [6, 6.07) is 1.32. The van der Waals surface area contributed by atoms with Crippen LogP contribution in [0, 0.1) is 17.6 Å². The molecule has 4 nitrogen and oxygen atoms in total. The van der Waals surface area contributed by atoms with Crippen molar-refractivity contribution >= 4 is 25.7 Å². The number of hydrogen-bond acceptors (Lipinski definition) is 4. The molecule has 2 rings (SSSR count). The van der Waals surface area contributed by atoms with Gasteiger partial charge in [0.15, 0.2) is 5.82 Å². The first-order chi connectivity index (χ1) is 9.30. The smallest absolute Gasteiger partial charge is 0.344 e. The molecule has 0 atom stereocenters. The molecule has 0 aromatic heterocycles. The van der Waals surface area contributed by atoms with Crippen molar-refractivity contribution in [1.82, 2.24) is 0 Å². The highest BCUT2D eigenvalue weighted by atomic mass is 35.7. The van der Waals surface area contributed by atoms with Crippen LogP contribution in [0.5, 0.6) is 0 Å². The maximum atomic E-state index is 13.9. The van der Waals surface area contributed by atoms with Crippen molar-refractivity contribution in [1.29, 1.82) is 0 Å². The second-order valence-electron chi connectivity index (χ2n) is 4.54. The highest BCUT2D eigenvalue weighted by Crippen LogP contribution is 2.32. The predicted molar refractivity (Wildman–Crippen MR) is 67.0 cm³/mol. The van der Waals surface area contributed by atoms with Crippen molar-refractivity contribution in [3.8, 4) is 0 Å². The number of esters is 1. The predicted octanol–water partition coefficient (Wildman–Crippen LogP) is 2.85. The molecule has 0 heterocycles. The van der Waals surface area contributed by atoms with Gasteiger partial charge in [0.25, 0.3) is 9.05 Å². The molecule has 0 N–H and O–H groups in total. The normalized spacial score (nSPS) is 15.2. The first-order valence-electron chi connectivity index (χ1n) is 5.90. The lowest BCUT2D eigenvalue weighted by Crippen LogP contribution is -2.13. The standard InChI is InChI=1S/C12H11ClF2O4S/c13-20(17,18)9-4-3-8(14)10(11(9)15)12(16)19-6-5-7-1-2-7/h3-4,7H,1-2,5-6H2. The van der Waals surface area contributed by atoms with E-state index < -0.39 is 37.1 Å². The Balaban J connectivity index is 2.22. The Morgan fingerprint density at radius 1 is 1.35 bits per heavy atom. The van der Waals surface area contributed by atoms with E-state index in [1.165, 1.54) is 0 Å². The number of halogens is 3. The van der Waals surface area contributed by atoms with Crippen LogP contribution in [0.25, 0.3) is 0 Å². The quantitative estimate of drug-likeness (QED) is 0.617. The van der Waals surface area contributed by atoms with E-state index in [1.807, 2.05) is 0 Å². The molecule has 1 saturated carbocycles. The summed E-state index contributed by atoms with van der Waals surface area (Å²) >= 11 is 0. The van der Waals surface area contributed by atoms with Crippen LogP contribution in [0.4, 0.5) is 8.78 Å². The van der Waals surface area contributed by atoms with Crippen molar-refractivity contribution in [2.45, 2.75) is 24.2 Å². The average Bonchev–Trinajstić information content (AvgIpc) is 3.11. The van der Waals surface area contributed by atoms with Crippen LogP contribution in [0.1, 0.15) is 29.6 Å². The zero-order valence-corrected chi connectivity index (χ0v) is 11.8. The summed E-state index contributed by atoms with van der Waals surface area (Å²) in [5, 5.41) is 0. The van der Waals surface area contributed by atoms with Crippen molar-refractivity contribution in [3.05, 3.63) is 29.3 Å². The summed E-state index contributed by atoms with van der Waals surface area (Å²) in [4.78, 5) is 10.7. The number of carbonyl (C=O) groups is 1. The lowest BCUT2D eigenvalue weighted by atomic mass is 10.2. The minimum Gasteiger partial charge on any atom is -0.462 e. The second kappa shape index (κ2) is 5.65. The van der Waals surface area contributed by atoms with Crippen molar-refractivity contribution in [3.63, 3.8) is 0 Å². The zero-order chi connectivity index (χ0) is 14.9. The summed E-state index contributed by atoms with van der Waals surface area (Å²) in [5.41, 5.74) is -1.04. The van der Waals surface area contributed by atoms with Crippen molar-refractivity contribution < 1.29 is 26.7 Å². The number of ether oxygens (including phenoxy) is 1. The van der Waals surface area contributed by atoms with Gasteiger partial charge in [-0.25, -0.2) is 22.0 Å². The molecule has 1 aromatic rings. The molecule has 1 fully saturated rings.